The summed E-state index contributed by atoms with van der Waals surface area (Å²) in [6, 6.07) is 24.5. The molecule has 0 fully saturated rings. The Hall–Kier alpha value is -4.39. The lowest BCUT2D eigenvalue weighted by Crippen LogP contribution is -2.02. The molecule has 0 saturated carbocycles. The summed E-state index contributed by atoms with van der Waals surface area (Å²) >= 11 is 0. The highest BCUT2D eigenvalue weighted by Gasteiger charge is 2.09. The van der Waals surface area contributed by atoms with Crippen LogP contribution in [0.5, 0.6) is 11.5 Å². The van der Waals surface area contributed by atoms with E-state index in [4.69, 9.17) is 13.9 Å². The van der Waals surface area contributed by atoms with Crippen molar-refractivity contribution in [3.05, 3.63) is 112 Å². The Balaban J connectivity index is 1.24. The summed E-state index contributed by atoms with van der Waals surface area (Å²) in [4.78, 5) is 11.8. The molecule has 0 spiro atoms. The molecule has 2 heterocycles. The van der Waals surface area contributed by atoms with Crippen molar-refractivity contribution in [2.45, 2.75) is 20.1 Å². The number of fused-ring (bicyclic) bond motifs is 1. The molecular formula is C26H21N3O4. The number of nitrogens with zero attached hydrogens (tertiary/aromatic N) is 3. The van der Waals surface area contributed by atoms with E-state index in [9.17, 15) is 4.79 Å². The Bertz CT molecular complexity index is 1450. The predicted molar refractivity (Wildman–Crippen MR) is 124 cm³/mol. The molecule has 7 heteroatoms. The van der Waals surface area contributed by atoms with Crippen LogP contribution in [0.1, 0.15) is 16.8 Å². The van der Waals surface area contributed by atoms with Crippen LogP contribution >= 0.6 is 0 Å². The van der Waals surface area contributed by atoms with Gasteiger partial charge in [0.15, 0.2) is 0 Å². The highest BCUT2D eigenvalue weighted by atomic mass is 16.5. The van der Waals surface area contributed by atoms with Gasteiger partial charge in [-0.2, -0.15) is 0 Å². The number of hydrogen-bond donors (Lipinski definition) is 0. The SMILES string of the molecule is Cc1cccc(COc2ccc(-n3cc(COc4cc(=O)oc5ccccc45)nn3)cc2)c1. The maximum Gasteiger partial charge on any atom is 0.339 e. The van der Waals surface area contributed by atoms with E-state index in [-0.39, 0.29) is 6.61 Å². The highest BCUT2D eigenvalue weighted by Crippen LogP contribution is 2.24. The highest BCUT2D eigenvalue weighted by molar-refractivity contribution is 5.82. The van der Waals surface area contributed by atoms with E-state index in [1.54, 1.807) is 23.0 Å². The van der Waals surface area contributed by atoms with Gasteiger partial charge in [-0.3, -0.25) is 0 Å². The lowest BCUT2D eigenvalue weighted by Gasteiger charge is -2.08. The summed E-state index contributed by atoms with van der Waals surface area (Å²) in [7, 11) is 0. The van der Waals surface area contributed by atoms with Crippen molar-refractivity contribution in [2.24, 2.45) is 0 Å². The van der Waals surface area contributed by atoms with Crippen molar-refractivity contribution in [1.29, 1.82) is 0 Å². The standard InChI is InChI=1S/C26H21N3O4/c1-18-5-4-6-19(13-18)16-31-22-11-9-21(10-12-22)29-15-20(27-28-29)17-32-25-14-26(30)33-24-8-3-2-7-23(24)25/h2-15H,16-17H2,1H3. The molecule has 5 aromatic rings. The first-order valence-corrected chi connectivity index (χ1v) is 10.5. The van der Waals surface area contributed by atoms with Gasteiger partial charge in [0.2, 0.25) is 0 Å². The van der Waals surface area contributed by atoms with Gasteiger partial charge < -0.3 is 13.9 Å². The van der Waals surface area contributed by atoms with Gasteiger partial charge in [0.1, 0.15) is 36.0 Å². The van der Waals surface area contributed by atoms with Gasteiger partial charge in [-0.1, -0.05) is 47.2 Å². The predicted octanol–water partition coefficient (Wildman–Crippen LogP) is 4.84. The van der Waals surface area contributed by atoms with E-state index < -0.39 is 5.63 Å². The molecule has 5 rings (SSSR count). The van der Waals surface area contributed by atoms with Crippen molar-refractivity contribution in [2.75, 3.05) is 0 Å². The summed E-state index contributed by atoms with van der Waals surface area (Å²) in [5, 5.41) is 9.08. The van der Waals surface area contributed by atoms with Gasteiger partial charge in [0.05, 0.1) is 23.3 Å². The third-order valence-corrected chi connectivity index (χ3v) is 5.12. The van der Waals surface area contributed by atoms with Gasteiger partial charge >= 0.3 is 5.63 Å². The van der Waals surface area contributed by atoms with Gasteiger partial charge in [-0.25, -0.2) is 9.48 Å². The van der Waals surface area contributed by atoms with E-state index in [0.717, 1.165) is 22.4 Å². The largest absolute Gasteiger partial charge is 0.489 e. The fraction of sp³-hybridized carbons (Fsp3) is 0.115. The van der Waals surface area contributed by atoms with Gasteiger partial charge in [-0.05, 0) is 48.9 Å². The molecule has 2 aromatic heterocycles. The summed E-state index contributed by atoms with van der Waals surface area (Å²) in [5.74, 6) is 1.23. The first-order valence-electron chi connectivity index (χ1n) is 10.5. The molecular weight excluding hydrogens is 418 g/mol. The fourth-order valence-corrected chi connectivity index (χ4v) is 3.51. The quantitative estimate of drug-likeness (QED) is 0.338. The van der Waals surface area contributed by atoms with E-state index in [2.05, 4.69) is 29.4 Å². The Morgan fingerprint density at radius 2 is 1.76 bits per heavy atom. The molecule has 0 N–H and O–H groups in total. The van der Waals surface area contributed by atoms with Gasteiger partial charge in [-0.15, -0.1) is 5.10 Å². The molecule has 0 unspecified atom stereocenters. The Kier molecular flexibility index (Phi) is 5.59. The number of benzene rings is 3. The number of hydrogen-bond acceptors (Lipinski definition) is 6. The monoisotopic (exact) mass is 439 g/mol. The third kappa shape index (κ3) is 4.77. The molecule has 0 radical (unpaired) electrons. The number of aryl methyl sites for hydroxylation is 1. The van der Waals surface area contributed by atoms with Crippen molar-refractivity contribution in [1.82, 2.24) is 15.0 Å². The molecule has 7 nitrogen and oxygen atoms in total. The molecule has 164 valence electrons. The average molecular weight is 439 g/mol. The molecule has 0 aliphatic rings. The zero-order valence-corrected chi connectivity index (χ0v) is 18.0. The van der Waals surface area contributed by atoms with E-state index >= 15 is 0 Å². The Morgan fingerprint density at radius 3 is 2.61 bits per heavy atom. The van der Waals surface area contributed by atoms with E-state index in [1.165, 1.54) is 11.6 Å². The molecule has 0 amide bonds. The Morgan fingerprint density at radius 1 is 0.909 bits per heavy atom. The van der Waals surface area contributed by atoms with Crippen molar-refractivity contribution < 1.29 is 13.9 Å². The number of rotatable bonds is 7. The zero-order valence-electron chi connectivity index (χ0n) is 18.0. The van der Waals surface area contributed by atoms with Crippen LogP contribution < -0.4 is 15.1 Å². The minimum atomic E-state index is -0.461. The van der Waals surface area contributed by atoms with E-state index in [1.807, 2.05) is 48.5 Å². The van der Waals surface area contributed by atoms with Crippen LogP contribution in [-0.4, -0.2) is 15.0 Å². The van der Waals surface area contributed by atoms with Crippen molar-refractivity contribution in [3.63, 3.8) is 0 Å². The van der Waals surface area contributed by atoms with Crippen molar-refractivity contribution in [3.8, 4) is 17.2 Å². The second-order valence-corrected chi connectivity index (χ2v) is 7.64. The maximum absolute atomic E-state index is 11.8. The average Bonchev–Trinajstić information content (AvgIpc) is 3.30. The Labute approximate surface area is 189 Å². The fourth-order valence-electron chi connectivity index (χ4n) is 3.51. The lowest BCUT2D eigenvalue weighted by atomic mass is 10.1. The first kappa shape index (κ1) is 20.5. The summed E-state index contributed by atoms with van der Waals surface area (Å²) < 4.78 is 18.6. The number of ether oxygens (including phenoxy) is 2. The van der Waals surface area contributed by atoms with Crippen LogP contribution in [0, 0.1) is 6.92 Å². The second kappa shape index (κ2) is 9.00. The zero-order chi connectivity index (χ0) is 22.6. The normalized spacial score (nSPS) is 10.9. The molecule has 0 aliphatic heterocycles. The number of aromatic nitrogens is 3. The topological polar surface area (TPSA) is 79.4 Å². The maximum atomic E-state index is 11.8. The first-order chi connectivity index (χ1) is 16.1. The molecule has 33 heavy (non-hydrogen) atoms. The molecule has 0 atom stereocenters. The van der Waals surface area contributed by atoms with Crippen LogP contribution in [0.4, 0.5) is 0 Å². The molecule has 0 aliphatic carbocycles. The van der Waals surface area contributed by atoms with Crippen molar-refractivity contribution >= 4 is 11.0 Å². The second-order valence-electron chi connectivity index (χ2n) is 7.64. The van der Waals surface area contributed by atoms with Crippen LogP contribution in [0.15, 0.2) is 94.3 Å². The lowest BCUT2D eigenvalue weighted by molar-refractivity contribution is 0.302. The van der Waals surface area contributed by atoms with Crippen LogP contribution in [0.3, 0.4) is 0 Å². The molecule has 0 saturated heterocycles. The van der Waals surface area contributed by atoms with Gasteiger partial charge in [0.25, 0.3) is 0 Å². The summed E-state index contributed by atoms with van der Waals surface area (Å²) in [5.41, 5.74) is 3.84. The third-order valence-electron chi connectivity index (χ3n) is 5.12. The minimum absolute atomic E-state index is 0.172. The van der Waals surface area contributed by atoms with Crippen LogP contribution in [0.25, 0.3) is 16.7 Å². The van der Waals surface area contributed by atoms with Crippen LogP contribution in [0.2, 0.25) is 0 Å². The molecule has 3 aromatic carbocycles. The number of para-hydroxylation sites is 1. The van der Waals surface area contributed by atoms with Crippen LogP contribution in [-0.2, 0) is 13.2 Å². The van der Waals surface area contributed by atoms with Gasteiger partial charge in [0, 0.05) is 0 Å². The summed E-state index contributed by atoms with van der Waals surface area (Å²) in [6.07, 6.45) is 1.79. The minimum Gasteiger partial charge on any atom is -0.489 e. The molecule has 0 bridgehead atoms. The summed E-state index contributed by atoms with van der Waals surface area (Å²) in [6.45, 7) is 2.75. The van der Waals surface area contributed by atoms with E-state index in [0.29, 0.717) is 23.6 Å². The smallest absolute Gasteiger partial charge is 0.339 e.